The summed E-state index contributed by atoms with van der Waals surface area (Å²) in [4.78, 5) is 29.1. The number of imidazole rings is 1. The maximum atomic E-state index is 13.8. The van der Waals surface area contributed by atoms with Crippen molar-refractivity contribution in [2.24, 2.45) is 0 Å². The van der Waals surface area contributed by atoms with Crippen LogP contribution in [0.5, 0.6) is 0 Å². The van der Waals surface area contributed by atoms with Crippen LogP contribution >= 0.6 is 0 Å². The molecule has 11 heteroatoms. The van der Waals surface area contributed by atoms with E-state index in [1.54, 1.807) is 6.92 Å². The highest BCUT2D eigenvalue weighted by Gasteiger charge is 2.31. The van der Waals surface area contributed by atoms with Crippen LogP contribution in [0.2, 0.25) is 1.41 Å². The Kier molecular flexibility index (Phi) is 4.09. The van der Waals surface area contributed by atoms with Gasteiger partial charge in [0, 0.05) is 57.0 Å². The van der Waals surface area contributed by atoms with Gasteiger partial charge in [-0.15, -0.1) is 0 Å². The molecule has 0 aliphatic rings. The van der Waals surface area contributed by atoms with Gasteiger partial charge in [-0.3, -0.25) is 9.78 Å². The molecule has 3 aromatic heterocycles. The summed E-state index contributed by atoms with van der Waals surface area (Å²) < 4.78 is 133. The second-order valence-electron chi connectivity index (χ2n) is 7.93. The van der Waals surface area contributed by atoms with Crippen LogP contribution in [0.25, 0.3) is 16.9 Å². The number of aryl methyl sites for hydroxylation is 1. The van der Waals surface area contributed by atoms with Crippen LogP contribution in [0.1, 0.15) is 40.9 Å². The van der Waals surface area contributed by atoms with Crippen LogP contribution in [0, 0.1) is 13.8 Å². The average Bonchev–Trinajstić information content (AvgIpc) is 3.46. The molecular weight excluding hydrogens is 507 g/mol. The molecule has 5 rings (SSSR count). The first-order valence-corrected chi connectivity index (χ1v) is 11.0. The van der Waals surface area contributed by atoms with Crippen molar-refractivity contribution in [1.29, 1.82) is 0 Å². The number of carbonyl (C=O) groups excluding carboxylic acids is 1. The predicted octanol–water partition coefficient (Wildman–Crippen LogP) is 6.36. The van der Waals surface area contributed by atoms with E-state index in [0.29, 0.717) is 11.8 Å². The first kappa shape index (κ1) is 15.4. The molecule has 8 nitrogen and oxygen atoms in total. The lowest BCUT2D eigenvalue weighted by atomic mass is 10.1. The van der Waals surface area contributed by atoms with Gasteiger partial charge in [-0.25, -0.2) is 15.0 Å². The molecule has 0 bridgehead atoms. The summed E-state index contributed by atoms with van der Waals surface area (Å²) in [5.74, 6) is -2.06. The summed E-state index contributed by atoms with van der Waals surface area (Å²) in [6.45, 7) is -1.65. The Morgan fingerprint density at radius 3 is 2.82 bits per heavy atom. The topological polar surface area (TPSA) is 97.6 Å². The smallest absolute Gasteiger partial charge is 0.324 e. The summed E-state index contributed by atoms with van der Waals surface area (Å²) in [5.41, 5.74) is -4.67. The van der Waals surface area contributed by atoms with Gasteiger partial charge in [0.25, 0.3) is 5.91 Å². The molecule has 3 heterocycles. The molecule has 0 unspecified atom stereocenters. The second-order valence-corrected chi connectivity index (χ2v) is 7.93. The normalized spacial score (nSPS) is 15.6. The second kappa shape index (κ2) is 10.4. The van der Waals surface area contributed by atoms with Crippen molar-refractivity contribution < 1.29 is 33.1 Å². The molecule has 1 amide bonds. The highest BCUT2D eigenvalue weighted by molar-refractivity contribution is 6.05. The molecule has 0 aliphatic carbocycles. The Morgan fingerprint density at radius 2 is 2.05 bits per heavy atom. The fourth-order valence-electron chi connectivity index (χ4n) is 3.34. The zero-order valence-corrected chi connectivity index (χ0v) is 19.8. The Hall–Kier alpha value is -5.06. The predicted molar refractivity (Wildman–Crippen MR) is 141 cm³/mol. The number of hydrogen-bond acceptors (Lipinski definition) is 6. The van der Waals surface area contributed by atoms with E-state index in [2.05, 4.69) is 25.3 Å². The minimum atomic E-state index is -4.86. The number of hydrogen-bond donors (Lipinski definition) is 2. The molecular formula is C28H22F3N7O. The van der Waals surface area contributed by atoms with Crippen LogP contribution in [0.15, 0.2) is 85.5 Å². The van der Waals surface area contributed by atoms with Gasteiger partial charge in [0.15, 0.2) is 1.41 Å². The number of aromatic nitrogens is 5. The molecule has 5 aromatic rings. The lowest BCUT2D eigenvalue weighted by Crippen LogP contribution is -2.14. The zero-order chi connectivity index (χ0) is 37.0. The molecule has 2 N–H and O–H groups in total. The van der Waals surface area contributed by atoms with Gasteiger partial charge in [0.2, 0.25) is 5.95 Å². The number of alkyl halides is 3. The minimum Gasteiger partial charge on any atom is -0.324 e. The fraction of sp³-hybridized carbons (Fsp3) is 0.107. The van der Waals surface area contributed by atoms with E-state index in [1.165, 1.54) is 23.2 Å². The number of carbonyl (C=O) groups is 1. The van der Waals surface area contributed by atoms with E-state index in [4.69, 9.17) is 15.1 Å². The van der Waals surface area contributed by atoms with Gasteiger partial charge in [0.1, 0.15) is 0 Å². The van der Waals surface area contributed by atoms with Crippen molar-refractivity contribution in [2.45, 2.75) is 20.0 Å². The molecule has 0 atom stereocenters. The highest BCUT2D eigenvalue weighted by Crippen LogP contribution is 2.33. The number of halogens is 3. The first-order chi connectivity index (χ1) is 23.2. The van der Waals surface area contributed by atoms with Crippen molar-refractivity contribution in [3.8, 4) is 16.9 Å². The SMILES string of the molecule is [2H]c1nc([2H])c(-c2ccnc(N([2H])c3c([2H])c(C(=O)Nc4cc(-n5cnc(C)c5)cc(C(F)(F)F)c4)c([2H])c([2H])c3C([2H])([2H])[2H])n2)c([2H])c1[2H]. The number of nitrogens with zero attached hydrogens (tertiary/aromatic N) is 5. The minimum absolute atomic E-state index is 0.0568. The molecule has 0 saturated carbocycles. The Balaban J connectivity index is 1.65. The monoisotopic (exact) mass is 540 g/mol. The number of pyridine rings is 1. The summed E-state index contributed by atoms with van der Waals surface area (Å²) in [5, 5.41) is 2.37. The van der Waals surface area contributed by atoms with E-state index >= 15 is 0 Å². The molecule has 2 aromatic carbocycles. The van der Waals surface area contributed by atoms with Crippen LogP contribution in [0.3, 0.4) is 0 Å². The molecule has 196 valence electrons. The Morgan fingerprint density at radius 1 is 1.18 bits per heavy atom. The standard InChI is InChI=1S/C28H22F3N7O/c1-17-5-6-19(10-25(17)37-27-33-9-7-24(36-27)20-4-3-8-32-14-20)26(39)35-22-11-21(28(29,30)31)12-23(13-22)38-15-18(2)34-16-38/h3-16H,1-2H3,(H,35,39)(H,33,36,37)/i1D3,3D,4D,5D,6D,8D,10D,14D/hD. The molecule has 0 saturated heterocycles. The summed E-state index contributed by atoms with van der Waals surface area (Å²) >= 11 is 0. The van der Waals surface area contributed by atoms with Gasteiger partial charge >= 0.3 is 6.18 Å². The van der Waals surface area contributed by atoms with Crippen molar-refractivity contribution in [2.75, 3.05) is 10.6 Å². The zero-order valence-electron chi connectivity index (χ0n) is 30.8. The summed E-state index contributed by atoms with van der Waals surface area (Å²) in [7, 11) is 0. The fourth-order valence-corrected chi connectivity index (χ4v) is 3.34. The Bertz CT molecular complexity index is 2180. The van der Waals surface area contributed by atoms with Crippen molar-refractivity contribution in [3.05, 3.63) is 108 Å². The van der Waals surface area contributed by atoms with Crippen molar-refractivity contribution in [3.63, 3.8) is 0 Å². The van der Waals surface area contributed by atoms with Crippen LogP contribution in [-0.4, -0.2) is 30.4 Å². The van der Waals surface area contributed by atoms with E-state index < -0.39 is 95.5 Å². The quantitative estimate of drug-likeness (QED) is 0.260. The van der Waals surface area contributed by atoms with Gasteiger partial charge in [-0.2, -0.15) is 13.2 Å². The van der Waals surface area contributed by atoms with Crippen LogP contribution in [-0.2, 0) is 6.18 Å². The summed E-state index contributed by atoms with van der Waals surface area (Å²) in [6, 6.07) is -0.744. The summed E-state index contributed by atoms with van der Waals surface area (Å²) in [6.07, 6.45) is -2.42. The van der Waals surface area contributed by atoms with E-state index in [0.717, 1.165) is 18.3 Å². The number of benzene rings is 2. The number of amides is 1. The largest absolute Gasteiger partial charge is 0.416 e. The third-order valence-electron chi connectivity index (χ3n) is 5.11. The molecule has 0 aliphatic heterocycles. The number of rotatable bonds is 6. The van der Waals surface area contributed by atoms with Gasteiger partial charge in [0.05, 0.1) is 32.9 Å². The molecule has 0 spiro atoms. The van der Waals surface area contributed by atoms with Crippen molar-refractivity contribution >= 4 is 23.2 Å². The van der Waals surface area contributed by atoms with E-state index in [-0.39, 0.29) is 22.3 Å². The first-order valence-electron chi connectivity index (χ1n) is 16.4. The molecule has 0 fully saturated rings. The highest BCUT2D eigenvalue weighted by atomic mass is 19.4. The van der Waals surface area contributed by atoms with Crippen LogP contribution < -0.4 is 10.6 Å². The van der Waals surface area contributed by atoms with Gasteiger partial charge in [-0.05, 0) is 67.8 Å². The van der Waals surface area contributed by atoms with Gasteiger partial charge in [-0.1, -0.05) is 6.04 Å². The lowest BCUT2D eigenvalue weighted by molar-refractivity contribution is -0.137. The van der Waals surface area contributed by atoms with Crippen molar-refractivity contribution in [1.82, 2.24) is 24.5 Å². The molecule has 0 radical (unpaired) electrons. The van der Waals surface area contributed by atoms with E-state index in [1.807, 2.05) is 0 Å². The maximum absolute atomic E-state index is 13.8. The molecule has 39 heavy (non-hydrogen) atoms. The lowest BCUT2D eigenvalue weighted by Gasteiger charge is -2.14. The maximum Gasteiger partial charge on any atom is 0.416 e. The Labute approximate surface area is 237 Å². The number of nitrogens with one attached hydrogen (secondary N) is 2. The third kappa shape index (κ3) is 5.93. The van der Waals surface area contributed by atoms with E-state index in [9.17, 15) is 18.0 Å². The van der Waals surface area contributed by atoms with Gasteiger partial charge < -0.3 is 15.2 Å². The number of anilines is 3. The third-order valence-corrected chi connectivity index (χ3v) is 5.11. The average molecular weight is 541 g/mol. The van der Waals surface area contributed by atoms with Crippen LogP contribution in [0.4, 0.5) is 30.5 Å².